The average molecular weight is 181 g/mol. The molecule has 0 saturated heterocycles. The van der Waals surface area contributed by atoms with Crippen molar-refractivity contribution in [2.45, 2.75) is 38.5 Å². The van der Waals surface area contributed by atoms with E-state index in [4.69, 9.17) is 5.73 Å². The molecule has 3 heteroatoms. The maximum atomic E-state index is 5.41. The van der Waals surface area contributed by atoms with Crippen LogP contribution < -0.4 is 5.73 Å². The third-order valence-corrected chi connectivity index (χ3v) is 2.17. The summed E-state index contributed by atoms with van der Waals surface area (Å²) in [5, 5.41) is 0. The van der Waals surface area contributed by atoms with Crippen molar-refractivity contribution in [1.82, 2.24) is 9.97 Å². The van der Waals surface area contributed by atoms with Gasteiger partial charge >= 0.3 is 0 Å². The Kier molecular flexibility index (Phi) is 5.25. The van der Waals surface area contributed by atoms with E-state index in [1.54, 1.807) is 0 Å². The van der Waals surface area contributed by atoms with Crippen LogP contribution in [0.1, 0.15) is 37.9 Å². The number of aryl methyl sites for hydroxylation is 1. The summed E-state index contributed by atoms with van der Waals surface area (Å²) in [5.41, 5.74) is 5.41. The van der Waals surface area contributed by atoms with E-state index >= 15 is 0 Å². The van der Waals surface area contributed by atoms with Crippen LogP contribution >= 0.6 is 0 Å². The maximum absolute atomic E-state index is 5.41. The zero-order chi connectivity index (χ0) is 9.36. The van der Waals surface area contributed by atoms with Crippen LogP contribution in [0.3, 0.4) is 0 Å². The van der Waals surface area contributed by atoms with E-state index < -0.39 is 0 Å². The smallest absolute Gasteiger partial charge is 0.105 e. The summed E-state index contributed by atoms with van der Waals surface area (Å²) in [7, 11) is 0. The van der Waals surface area contributed by atoms with E-state index in [9.17, 15) is 0 Å². The number of hydrogen-bond acceptors (Lipinski definition) is 2. The number of hydrogen-bond donors (Lipinski definition) is 2. The average Bonchev–Trinajstić information content (AvgIpc) is 2.63. The highest BCUT2D eigenvalue weighted by Crippen LogP contribution is 2.05. The molecule has 3 N–H and O–H groups in total. The predicted molar refractivity (Wildman–Crippen MR) is 54.4 cm³/mol. The molecule has 0 bridgehead atoms. The second-order valence-electron chi connectivity index (χ2n) is 3.34. The Bertz CT molecular complexity index is 194. The molecule has 0 fully saturated rings. The van der Waals surface area contributed by atoms with Crippen LogP contribution in [0, 0.1) is 0 Å². The van der Waals surface area contributed by atoms with Gasteiger partial charge in [0.2, 0.25) is 0 Å². The number of imidazole rings is 1. The van der Waals surface area contributed by atoms with E-state index in [1.807, 2.05) is 12.4 Å². The molecule has 1 heterocycles. The quantitative estimate of drug-likeness (QED) is 0.631. The fraction of sp³-hybridized carbons (Fsp3) is 0.700. The van der Waals surface area contributed by atoms with Gasteiger partial charge in [-0.05, 0) is 19.4 Å². The molecular weight excluding hydrogens is 162 g/mol. The molecule has 0 aromatic carbocycles. The Labute approximate surface area is 79.8 Å². The van der Waals surface area contributed by atoms with Crippen molar-refractivity contribution in [3.63, 3.8) is 0 Å². The molecule has 0 aliphatic carbocycles. The summed E-state index contributed by atoms with van der Waals surface area (Å²) >= 11 is 0. The minimum absolute atomic E-state index is 0.832. The third kappa shape index (κ3) is 4.68. The summed E-state index contributed by atoms with van der Waals surface area (Å²) in [6, 6.07) is 0. The van der Waals surface area contributed by atoms with Crippen LogP contribution in [-0.2, 0) is 6.42 Å². The molecule has 0 spiro atoms. The molecule has 0 radical (unpaired) electrons. The molecule has 0 aliphatic heterocycles. The number of unbranched alkanes of at least 4 members (excludes halogenated alkanes) is 4. The molecule has 0 atom stereocenters. The standard InChI is InChI=1S/C10H19N3/c11-7-5-3-1-2-4-6-10-12-8-9-13-10/h8-9H,1-7,11H2,(H,12,13). The summed E-state index contributed by atoms with van der Waals surface area (Å²) in [6.07, 6.45) is 11.0. The lowest BCUT2D eigenvalue weighted by Gasteiger charge is -1.98. The number of nitrogens with two attached hydrogens (primary N) is 1. The van der Waals surface area contributed by atoms with E-state index in [1.165, 1.54) is 32.1 Å². The van der Waals surface area contributed by atoms with E-state index in [2.05, 4.69) is 9.97 Å². The Morgan fingerprint density at radius 2 is 1.92 bits per heavy atom. The first-order valence-electron chi connectivity index (χ1n) is 5.12. The monoisotopic (exact) mass is 181 g/mol. The number of rotatable bonds is 7. The Balaban J connectivity index is 1.90. The lowest BCUT2D eigenvalue weighted by Crippen LogP contribution is -1.97. The predicted octanol–water partition coefficient (Wildman–Crippen LogP) is 1.86. The number of aromatic nitrogens is 2. The van der Waals surface area contributed by atoms with Gasteiger partial charge in [0.1, 0.15) is 5.82 Å². The first kappa shape index (κ1) is 10.3. The van der Waals surface area contributed by atoms with Gasteiger partial charge in [0.05, 0.1) is 0 Å². The van der Waals surface area contributed by atoms with Gasteiger partial charge in [0.25, 0.3) is 0 Å². The molecule has 0 aliphatic rings. The van der Waals surface area contributed by atoms with Crippen molar-refractivity contribution in [1.29, 1.82) is 0 Å². The Hall–Kier alpha value is -0.830. The molecule has 0 amide bonds. The lowest BCUT2D eigenvalue weighted by molar-refractivity contribution is 0.612. The zero-order valence-electron chi connectivity index (χ0n) is 8.13. The Morgan fingerprint density at radius 1 is 1.15 bits per heavy atom. The fourth-order valence-electron chi connectivity index (χ4n) is 1.40. The Morgan fingerprint density at radius 3 is 2.62 bits per heavy atom. The van der Waals surface area contributed by atoms with Gasteiger partial charge in [0.15, 0.2) is 0 Å². The van der Waals surface area contributed by atoms with E-state index in [-0.39, 0.29) is 0 Å². The SMILES string of the molecule is NCCCCCCCc1ncc[nH]1. The molecule has 1 aromatic heterocycles. The normalized spacial score (nSPS) is 10.5. The molecule has 0 saturated carbocycles. The van der Waals surface area contributed by atoms with Gasteiger partial charge in [-0.3, -0.25) is 0 Å². The molecule has 1 rings (SSSR count). The van der Waals surface area contributed by atoms with Gasteiger partial charge in [-0.2, -0.15) is 0 Å². The van der Waals surface area contributed by atoms with Gasteiger partial charge in [0, 0.05) is 18.8 Å². The second kappa shape index (κ2) is 6.66. The van der Waals surface area contributed by atoms with Crippen molar-refractivity contribution in [2.24, 2.45) is 5.73 Å². The van der Waals surface area contributed by atoms with Crippen molar-refractivity contribution < 1.29 is 0 Å². The van der Waals surface area contributed by atoms with Crippen LogP contribution in [0.2, 0.25) is 0 Å². The van der Waals surface area contributed by atoms with Gasteiger partial charge in [-0.15, -0.1) is 0 Å². The van der Waals surface area contributed by atoms with Crippen LogP contribution in [0.25, 0.3) is 0 Å². The van der Waals surface area contributed by atoms with Gasteiger partial charge < -0.3 is 10.7 Å². The van der Waals surface area contributed by atoms with E-state index in [0.29, 0.717) is 0 Å². The molecule has 3 nitrogen and oxygen atoms in total. The van der Waals surface area contributed by atoms with E-state index in [0.717, 1.165) is 18.8 Å². The topological polar surface area (TPSA) is 54.7 Å². The highest BCUT2D eigenvalue weighted by Gasteiger charge is 1.94. The van der Waals surface area contributed by atoms with Gasteiger partial charge in [-0.25, -0.2) is 4.98 Å². The lowest BCUT2D eigenvalue weighted by atomic mass is 10.1. The summed E-state index contributed by atoms with van der Waals surface area (Å²) in [5.74, 6) is 1.11. The molecule has 74 valence electrons. The number of nitrogens with one attached hydrogen (secondary N) is 1. The third-order valence-electron chi connectivity index (χ3n) is 2.17. The van der Waals surface area contributed by atoms with Crippen molar-refractivity contribution in [3.05, 3.63) is 18.2 Å². The second-order valence-corrected chi connectivity index (χ2v) is 3.34. The zero-order valence-corrected chi connectivity index (χ0v) is 8.13. The van der Waals surface area contributed by atoms with Crippen LogP contribution in [0.15, 0.2) is 12.4 Å². The number of aromatic amines is 1. The van der Waals surface area contributed by atoms with Crippen LogP contribution in [-0.4, -0.2) is 16.5 Å². The number of H-pyrrole nitrogens is 1. The summed E-state index contributed by atoms with van der Waals surface area (Å²) < 4.78 is 0. The summed E-state index contributed by atoms with van der Waals surface area (Å²) in [4.78, 5) is 7.28. The summed E-state index contributed by atoms with van der Waals surface area (Å²) in [6.45, 7) is 0.832. The van der Waals surface area contributed by atoms with Gasteiger partial charge in [-0.1, -0.05) is 19.3 Å². The van der Waals surface area contributed by atoms with Crippen LogP contribution in [0.5, 0.6) is 0 Å². The largest absolute Gasteiger partial charge is 0.349 e. The first-order valence-corrected chi connectivity index (χ1v) is 5.12. The maximum Gasteiger partial charge on any atom is 0.105 e. The van der Waals surface area contributed by atoms with Crippen molar-refractivity contribution in [3.8, 4) is 0 Å². The molecule has 1 aromatic rings. The van der Waals surface area contributed by atoms with Crippen molar-refractivity contribution >= 4 is 0 Å². The minimum Gasteiger partial charge on any atom is -0.349 e. The molecule has 13 heavy (non-hydrogen) atoms. The first-order chi connectivity index (χ1) is 6.43. The minimum atomic E-state index is 0.832. The van der Waals surface area contributed by atoms with Crippen molar-refractivity contribution in [2.75, 3.05) is 6.54 Å². The molecular formula is C10H19N3. The highest BCUT2D eigenvalue weighted by molar-refractivity contribution is 4.86. The number of nitrogens with zero attached hydrogens (tertiary/aromatic N) is 1. The molecule has 0 unspecified atom stereocenters. The fourth-order valence-corrected chi connectivity index (χ4v) is 1.40. The van der Waals surface area contributed by atoms with Crippen LogP contribution in [0.4, 0.5) is 0 Å². The highest BCUT2D eigenvalue weighted by atomic mass is 14.9.